The molecule has 1 aromatic rings. The molecular formula is C14H21NO3S. The van der Waals surface area contributed by atoms with Crippen LogP contribution < -0.4 is 10.1 Å². The smallest absolute Gasteiger partial charge is 0.234 e. The molecule has 4 nitrogen and oxygen atoms in total. The maximum atomic E-state index is 11.7. The lowest BCUT2D eigenvalue weighted by Crippen LogP contribution is -2.16. The molecule has 0 spiro atoms. The maximum absolute atomic E-state index is 11.7. The standard InChI is InChI=1S/C14H21NO3S/c1-3-18-13-6-4-12(5-7-13)15-14(17)10-19-11(2)8-9-16/h4-7,11,16H,3,8-10H2,1-2H3,(H,15,17). The Hall–Kier alpha value is -1.20. The summed E-state index contributed by atoms with van der Waals surface area (Å²) >= 11 is 1.54. The zero-order valence-electron chi connectivity index (χ0n) is 11.4. The van der Waals surface area contributed by atoms with Crippen molar-refractivity contribution in [2.75, 3.05) is 24.3 Å². The third-order valence-corrected chi connectivity index (χ3v) is 3.72. The molecule has 1 rings (SSSR count). The molecule has 0 saturated heterocycles. The Morgan fingerprint density at radius 1 is 1.42 bits per heavy atom. The first kappa shape index (κ1) is 15.9. The first-order valence-electron chi connectivity index (χ1n) is 6.41. The maximum Gasteiger partial charge on any atom is 0.234 e. The zero-order valence-corrected chi connectivity index (χ0v) is 12.2. The summed E-state index contributed by atoms with van der Waals surface area (Å²) in [6.45, 7) is 4.73. The van der Waals surface area contributed by atoms with Crippen LogP contribution in [0.1, 0.15) is 20.3 Å². The van der Waals surface area contributed by atoms with E-state index in [2.05, 4.69) is 5.32 Å². The van der Waals surface area contributed by atoms with E-state index in [0.717, 1.165) is 11.4 Å². The van der Waals surface area contributed by atoms with Gasteiger partial charge in [0.05, 0.1) is 12.4 Å². The number of benzene rings is 1. The van der Waals surface area contributed by atoms with Gasteiger partial charge in [-0.2, -0.15) is 0 Å². The molecule has 0 heterocycles. The fourth-order valence-corrected chi connectivity index (χ4v) is 2.26. The normalized spacial score (nSPS) is 11.9. The van der Waals surface area contributed by atoms with Crippen LogP contribution >= 0.6 is 11.8 Å². The van der Waals surface area contributed by atoms with Crippen molar-refractivity contribution in [2.24, 2.45) is 0 Å². The van der Waals surface area contributed by atoms with E-state index in [1.54, 1.807) is 11.8 Å². The molecule has 0 aliphatic carbocycles. The highest BCUT2D eigenvalue weighted by Crippen LogP contribution is 2.17. The van der Waals surface area contributed by atoms with E-state index < -0.39 is 0 Å². The third kappa shape index (κ3) is 6.50. The van der Waals surface area contributed by atoms with Crippen molar-refractivity contribution in [1.29, 1.82) is 0 Å². The van der Waals surface area contributed by atoms with E-state index in [1.807, 2.05) is 38.1 Å². The van der Waals surface area contributed by atoms with Crippen molar-refractivity contribution in [3.8, 4) is 5.75 Å². The minimum absolute atomic E-state index is 0.0288. The zero-order chi connectivity index (χ0) is 14.1. The first-order chi connectivity index (χ1) is 9.15. The number of hydrogen-bond acceptors (Lipinski definition) is 4. The van der Waals surface area contributed by atoms with E-state index in [0.29, 0.717) is 18.8 Å². The van der Waals surface area contributed by atoms with Crippen LogP contribution in [-0.2, 0) is 4.79 Å². The summed E-state index contributed by atoms with van der Waals surface area (Å²) in [4.78, 5) is 11.7. The SMILES string of the molecule is CCOc1ccc(NC(=O)CSC(C)CCO)cc1. The van der Waals surface area contributed by atoms with E-state index >= 15 is 0 Å². The summed E-state index contributed by atoms with van der Waals surface area (Å²) in [6, 6.07) is 7.32. The van der Waals surface area contributed by atoms with Gasteiger partial charge in [-0.1, -0.05) is 6.92 Å². The average Bonchev–Trinajstić information content (AvgIpc) is 2.39. The number of thioether (sulfide) groups is 1. The van der Waals surface area contributed by atoms with Crippen LogP contribution in [0, 0.1) is 0 Å². The quantitative estimate of drug-likeness (QED) is 0.769. The molecule has 0 aliphatic heterocycles. The van der Waals surface area contributed by atoms with Crippen LogP contribution in [0.4, 0.5) is 5.69 Å². The van der Waals surface area contributed by atoms with Gasteiger partial charge in [0.2, 0.25) is 5.91 Å². The van der Waals surface area contributed by atoms with Crippen molar-refractivity contribution in [3.05, 3.63) is 24.3 Å². The number of aliphatic hydroxyl groups excluding tert-OH is 1. The molecule has 0 aliphatic rings. The fourth-order valence-electron chi connectivity index (χ4n) is 1.48. The van der Waals surface area contributed by atoms with Crippen molar-refractivity contribution in [1.82, 2.24) is 0 Å². The second-order valence-electron chi connectivity index (χ2n) is 4.14. The Morgan fingerprint density at radius 2 is 2.11 bits per heavy atom. The van der Waals surface area contributed by atoms with Gasteiger partial charge in [-0.3, -0.25) is 4.79 Å². The minimum atomic E-state index is -0.0288. The molecule has 0 bridgehead atoms. The first-order valence-corrected chi connectivity index (χ1v) is 7.45. The van der Waals surface area contributed by atoms with Gasteiger partial charge in [-0.15, -0.1) is 11.8 Å². The Bertz CT molecular complexity index is 381. The molecular weight excluding hydrogens is 262 g/mol. The molecule has 5 heteroatoms. The Labute approximate surface area is 118 Å². The molecule has 0 radical (unpaired) electrons. The van der Waals surface area contributed by atoms with Crippen molar-refractivity contribution < 1.29 is 14.6 Å². The molecule has 1 amide bonds. The Kier molecular flexibility index (Phi) is 7.36. The Morgan fingerprint density at radius 3 is 2.68 bits per heavy atom. The fraction of sp³-hybridized carbons (Fsp3) is 0.500. The Balaban J connectivity index is 2.35. The van der Waals surface area contributed by atoms with E-state index in [1.165, 1.54) is 0 Å². The van der Waals surface area contributed by atoms with Crippen molar-refractivity contribution >= 4 is 23.4 Å². The topological polar surface area (TPSA) is 58.6 Å². The van der Waals surface area contributed by atoms with Gasteiger partial charge < -0.3 is 15.2 Å². The lowest BCUT2D eigenvalue weighted by molar-refractivity contribution is -0.113. The van der Waals surface area contributed by atoms with Crippen molar-refractivity contribution in [3.63, 3.8) is 0 Å². The lowest BCUT2D eigenvalue weighted by atomic mass is 10.3. The highest BCUT2D eigenvalue weighted by molar-refractivity contribution is 8.00. The van der Waals surface area contributed by atoms with Crippen LogP contribution in [0.3, 0.4) is 0 Å². The number of rotatable bonds is 8. The molecule has 1 atom stereocenters. The minimum Gasteiger partial charge on any atom is -0.494 e. The third-order valence-electron chi connectivity index (χ3n) is 2.48. The van der Waals surface area contributed by atoms with Gasteiger partial charge in [0.1, 0.15) is 5.75 Å². The second-order valence-corrected chi connectivity index (χ2v) is 5.57. The molecule has 2 N–H and O–H groups in total. The lowest BCUT2D eigenvalue weighted by Gasteiger charge is -2.10. The van der Waals surface area contributed by atoms with E-state index in [-0.39, 0.29) is 17.8 Å². The number of carbonyl (C=O) groups is 1. The number of aliphatic hydroxyl groups is 1. The highest BCUT2D eigenvalue weighted by Gasteiger charge is 2.07. The predicted molar refractivity (Wildman–Crippen MR) is 79.9 cm³/mol. The molecule has 1 unspecified atom stereocenters. The summed E-state index contributed by atoms with van der Waals surface area (Å²) in [5.41, 5.74) is 0.767. The number of carbonyl (C=O) groups excluding carboxylic acids is 1. The van der Waals surface area contributed by atoms with Gasteiger partial charge in [0, 0.05) is 17.5 Å². The molecule has 0 saturated carbocycles. The molecule has 19 heavy (non-hydrogen) atoms. The van der Waals surface area contributed by atoms with Crippen molar-refractivity contribution in [2.45, 2.75) is 25.5 Å². The summed E-state index contributed by atoms with van der Waals surface area (Å²) in [6.07, 6.45) is 0.709. The summed E-state index contributed by atoms with van der Waals surface area (Å²) < 4.78 is 5.33. The van der Waals surface area contributed by atoms with Gasteiger partial charge in [0.25, 0.3) is 0 Å². The molecule has 0 aromatic heterocycles. The molecule has 106 valence electrons. The van der Waals surface area contributed by atoms with Gasteiger partial charge in [-0.25, -0.2) is 0 Å². The molecule has 0 fully saturated rings. The van der Waals surface area contributed by atoms with Crippen LogP contribution in [0.15, 0.2) is 24.3 Å². The van der Waals surface area contributed by atoms with Crippen LogP contribution in [0.5, 0.6) is 5.75 Å². The number of nitrogens with one attached hydrogen (secondary N) is 1. The highest BCUT2D eigenvalue weighted by atomic mass is 32.2. The van der Waals surface area contributed by atoms with Crippen LogP contribution in [0.2, 0.25) is 0 Å². The van der Waals surface area contributed by atoms with Gasteiger partial charge in [-0.05, 0) is 37.6 Å². The predicted octanol–water partition coefficient (Wildman–Crippen LogP) is 2.53. The number of ether oxygens (including phenoxy) is 1. The van der Waals surface area contributed by atoms with Gasteiger partial charge >= 0.3 is 0 Å². The summed E-state index contributed by atoms with van der Waals surface area (Å²) in [5.74, 6) is 1.17. The number of hydrogen-bond donors (Lipinski definition) is 2. The number of anilines is 1. The monoisotopic (exact) mass is 283 g/mol. The second kappa shape index (κ2) is 8.82. The summed E-state index contributed by atoms with van der Waals surface area (Å²) in [7, 11) is 0. The molecule has 1 aromatic carbocycles. The van der Waals surface area contributed by atoms with E-state index in [4.69, 9.17) is 9.84 Å². The van der Waals surface area contributed by atoms with Crippen LogP contribution in [0.25, 0.3) is 0 Å². The largest absolute Gasteiger partial charge is 0.494 e. The van der Waals surface area contributed by atoms with Crippen LogP contribution in [-0.4, -0.2) is 35.2 Å². The number of amides is 1. The van der Waals surface area contributed by atoms with Gasteiger partial charge in [0.15, 0.2) is 0 Å². The summed E-state index contributed by atoms with van der Waals surface area (Å²) in [5, 5.41) is 11.9. The van der Waals surface area contributed by atoms with E-state index in [9.17, 15) is 4.79 Å². The average molecular weight is 283 g/mol.